The summed E-state index contributed by atoms with van der Waals surface area (Å²) in [6.07, 6.45) is 5.04. The number of nitrogens with zero attached hydrogens (tertiary/aromatic N) is 1. The Balaban J connectivity index is 2.21. The molecule has 1 aliphatic heterocycles. The predicted molar refractivity (Wildman–Crippen MR) is 74.0 cm³/mol. The second kappa shape index (κ2) is 5.23. The molecule has 1 saturated carbocycles. The molecule has 3 unspecified atom stereocenters. The first-order valence-electron chi connectivity index (χ1n) is 6.83. The molecule has 1 spiro atoms. The fraction of sp³-hybridized carbons (Fsp3) is 0.846. The fourth-order valence-corrected chi connectivity index (χ4v) is 3.30. The number of carbonyl (C=O) groups excluding carboxylic acids is 2. The van der Waals surface area contributed by atoms with Crippen LogP contribution < -0.4 is 5.32 Å². The molecule has 1 N–H and O–H groups in total. The van der Waals surface area contributed by atoms with Crippen LogP contribution in [0.25, 0.3) is 0 Å². The van der Waals surface area contributed by atoms with Gasteiger partial charge in [0.2, 0.25) is 11.8 Å². The van der Waals surface area contributed by atoms with E-state index in [9.17, 15) is 13.8 Å². The average Bonchev–Trinajstić information content (AvgIpc) is 2.81. The van der Waals surface area contributed by atoms with Gasteiger partial charge in [-0.3, -0.25) is 13.8 Å². The van der Waals surface area contributed by atoms with Crippen molar-refractivity contribution in [2.45, 2.75) is 56.4 Å². The third-order valence-corrected chi connectivity index (χ3v) is 5.64. The minimum absolute atomic E-state index is 0.00870. The molecule has 1 aliphatic carbocycles. The molecule has 2 amide bonds. The molecule has 0 radical (unpaired) electrons. The summed E-state index contributed by atoms with van der Waals surface area (Å²) < 4.78 is 11.5. The Bertz CT molecular complexity index is 418. The van der Waals surface area contributed by atoms with Crippen LogP contribution in [-0.2, 0) is 20.4 Å². The third kappa shape index (κ3) is 2.55. The van der Waals surface area contributed by atoms with Crippen molar-refractivity contribution in [1.82, 2.24) is 10.2 Å². The van der Waals surface area contributed by atoms with E-state index < -0.39 is 22.4 Å². The Morgan fingerprint density at radius 1 is 1.42 bits per heavy atom. The van der Waals surface area contributed by atoms with E-state index in [0.717, 1.165) is 25.7 Å². The molecule has 0 aromatic heterocycles. The van der Waals surface area contributed by atoms with Crippen molar-refractivity contribution in [1.29, 1.82) is 0 Å². The van der Waals surface area contributed by atoms with Gasteiger partial charge >= 0.3 is 0 Å². The van der Waals surface area contributed by atoms with Crippen molar-refractivity contribution in [3.8, 4) is 0 Å². The van der Waals surface area contributed by atoms with E-state index in [4.69, 9.17) is 0 Å². The zero-order valence-corrected chi connectivity index (χ0v) is 12.6. The van der Waals surface area contributed by atoms with Crippen LogP contribution in [0.1, 0.15) is 39.5 Å². The van der Waals surface area contributed by atoms with Gasteiger partial charge in [-0.25, -0.2) is 0 Å². The van der Waals surface area contributed by atoms with Gasteiger partial charge in [0.05, 0.1) is 0 Å². The second-order valence-electron chi connectivity index (χ2n) is 5.72. The van der Waals surface area contributed by atoms with Crippen molar-refractivity contribution in [2.75, 3.05) is 12.8 Å². The van der Waals surface area contributed by atoms with Gasteiger partial charge in [0, 0.05) is 28.9 Å². The Hall–Kier alpha value is -0.910. The van der Waals surface area contributed by atoms with Crippen LogP contribution in [0.5, 0.6) is 0 Å². The first-order valence-corrected chi connectivity index (χ1v) is 8.45. The van der Waals surface area contributed by atoms with Crippen LogP contribution in [0, 0.1) is 0 Å². The van der Waals surface area contributed by atoms with E-state index in [-0.39, 0.29) is 17.1 Å². The number of piperazine rings is 1. The van der Waals surface area contributed by atoms with E-state index in [0.29, 0.717) is 6.54 Å². The summed E-state index contributed by atoms with van der Waals surface area (Å²) in [5.41, 5.74) is -0.682. The van der Waals surface area contributed by atoms with Gasteiger partial charge in [0.15, 0.2) is 0 Å². The van der Waals surface area contributed by atoms with Gasteiger partial charge in [-0.2, -0.15) is 0 Å². The van der Waals surface area contributed by atoms with Gasteiger partial charge in [0.25, 0.3) is 0 Å². The molecule has 1 heterocycles. The number of carbonyl (C=O) groups is 2. The average molecular weight is 286 g/mol. The van der Waals surface area contributed by atoms with Gasteiger partial charge in [-0.05, 0) is 26.7 Å². The number of rotatable bonds is 3. The van der Waals surface area contributed by atoms with Crippen LogP contribution in [-0.4, -0.2) is 50.6 Å². The maximum Gasteiger partial charge on any atom is 0.249 e. The standard InChI is InChI=1S/C13H22N2O3S/c1-9(19(3)18)8-15-10(2)11(16)14-13(12(15)17)6-4-5-7-13/h9-10H,4-8H2,1-3H3,(H,14,16). The third-order valence-electron chi connectivity index (χ3n) is 4.36. The lowest BCUT2D eigenvalue weighted by molar-refractivity contribution is -0.154. The molecule has 108 valence electrons. The fourth-order valence-electron chi connectivity index (χ4n) is 2.93. The smallest absolute Gasteiger partial charge is 0.249 e. The zero-order chi connectivity index (χ0) is 14.2. The summed E-state index contributed by atoms with van der Waals surface area (Å²) in [7, 11) is -0.992. The zero-order valence-electron chi connectivity index (χ0n) is 11.8. The van der Waals surface area contributed by atoms with Crippen LogP contribution >= 0.6 is 0 Å². The molecule has 5 nitrogen and oxygen atoms in total. The predicted octanol–water partition coefficient (Wildman–Crippen LogP) is 0.413. The monoisotopic (exact) mass is 286 g/mol. The Morgan fingerprint density at radius 3 is 2.53 bits per heavy atom. The topological polar surface area (TPSA) is 66.5 Å². The number of amides is 2. The molecule has 2 aliphatic rings. The summed E-state index contributed by atoms with van der Waals surface area (Å²) in [6.45, 7) is 3.97. The number of hydrogen-bond donors (Lipinski definition) is 1. The first-order chi connectivity index (χ1) is 8.87. The molecule has 0 aromatic carbocycles. The Kier molecular flexibility index (Phi) is 3.99. The minimum Gasteiger partial charge on any atom is -0.340 e. The van der Waals surface area contributed by atoms with E-state index in [1.54, 1.807) is 18.1 Å². The Morgan fingerprint density at radius 2 is 2.00 bits per heavy atom. The summed E-state index contributed by atoms with van der Waals surface area (Å²) in [4.78, 5) is 26.4. The molecule has 0 bridgehead atoms. The van der Waals surface area contributed by atoms with E-state index in [1.807, 2.05) is 6.92 Å². The minimum atomic E-state index is -0.992. The number of hydrogen-bond acceptors (Lipinski definition) is 3. The highest BCUT2D eigenvalue weighted by Gasteiger charge is 2.51. The second-order valence-corrected chi connectivity index (χ2v) is 7.52. The molecule has 3 atom stereocenters. The largest absolute Gasteiger partial charge is 0.340 e. The highest BCUT2D eigenvalue weighted by molar-refractivity contribution is 7.84. The molecular formula is C13H22N2O3S. The maximum absolute atomic E-state index is 12.7. The van der Waals surface area contributed by atoms with Crippen LogP contribution in [0.4, 0.5) is 0 Å². The lowest BCUT2D eigenvalue weighted by atomic mass is 9.91. The van der Waals surface area contributed by atoms with Gasteiger partial charge in [-0.1, -0.05) is 12.8 Å². The quantitative estimate of drug-likeness (QED) is 0.817. The lowest BCUT2D eigenvalue weighted by Crippen LogP contribution is -2.69. The van der Waals surface area contributed by atoms with Gasteiger partial charge in [0.1, 0.15) is 11.6 Å². The van der Waals surface area contributed by atoms with Gasteiger partial charge < -0.3 is 10.2 Å². The Labute approximate surface area is 116 Å². The van der Waals surface area contributed by atoms with Crippen LogP contribution in [0.2, 0.25) is 0 Å². The SMILES string of the molecule is CC1C(=O)NC2(CCCC2)C(=O)N1CC(C)S(C)=O. The van der Waals surface area contributed by atoms with Crippen molar-refractivity contribution < 1.29 is 13.8 Å². The van der Waals surface area contributed by atoms with E-state index in [2.05, 4.69) is 5.32 Å². The van der Waals surface area contributed by atoms with Crippen molar-refractivity contribution in [3.63, 3.8) is 0 Å². The molecule has 2 fully saturated rings. The summed E-state index contributed by atoms with van der Waals surface area (Å²) in [5.74, 6) is -0.0787. The van der Waals surface area contributed by atoms with Crippen LogP contribution in [0.3, 0.4) is 0 Å². The maximum atomic E-state index is 12.7. The lowest BCUT2D eigenvalue weighted by Gasteiger charge is -2.44. The molecular weight excluding hydrogens is 264 g/mol. The highest BCUT2D eigenvalue weighted by Crippen LogP contribution is 2.34. The normalized spacial score (nSPS) is 29.4. The summed E-state index contributed by atoms with van der Waals surface area (Å²) >= 11 is 0. The molecule has 19 heavy (non-hydrogen) atoms. The molecule has 1 saturated heterocycles. The summed E-state index contributed by atoms with van der Waals surface area (Å²) in [5, 5.41) is 2.80. The van der Waals surface area contributed by atoms with E-state index in [1.165, 1.54) is 0 Å². The van der Waals surface area contributed by atoms with Crippen molar-refractivity contribution in [2.24, 2.45) is 0 Å². The molecule has 2 rings (SSSR count). The highest BCUT2D eigenvalue weighted by atomic mass is 32.2. The molecule has 6 heteroatoms. The van der Waals surface area contributed by atoms with Crippen molar-refractivity contribution >= 4 is 22.6 Å². The number of nitrogens with one attached hydrogen (secondary N) is 1. The van der Waals surface area contributed by atoms with Crippen molar-refractivity contribution in [3.05, 3.63) is 0 Å². The summed E-state index contributed by atoms with van der Waals surface area (Å²) in [6, 6.07) is -0.468. The molecule has 0 aromatic rings. The first kappa shape index (κ1) is 14.5. The van der Waals surface area contributed by atoms with E-state index >= 15 is 0 Å². The van der Waals surface area contributed by atoms with Crippen LogP contribution in [0.15, 0.2) is 0 Å². The van der Waals surface area contributed by atoms with Gasteiger partial charge in [-0.15, -0.1) is 0 Å².